The number of ether oxygens (including phenoxy) is 1. The lowest BCUT2D eigenvalue weighted by atomic mass is 10.2. The van der Waals surface area contributed by atoms with E-state index in [4.69, 9.17) is 9.15 Å². The Kier molecular flexibility index (Phi) is 4.86. The lowest BCUT2D eigenvalue weighted by Gasteiger charge is -2.23. The van der Waals surface area contributed by atoms with Crippen molar-refractivity contribution in [3.8, 4) is 0 Å². The van der Waals surface area contributed by atoms with Crippen molar-refractivity contribution in [3.05, 3.63) is 24.2 Å². The van der Waals surface area contributed by atoms with Crippen LogP contribution in [0.2, 0.25) is 0 Å². The first-order valence-electron chi connectivity index (χ1n) is 6.00. The second-order valence-corrected chi connectivity index (χ2v) is 4.06. The van der Waals surface area contributed by atoms with Crippen LogP contribution in [0.15, 0.2) is 22.8 Å². The molecule has 2 rings (SSSR count). The van der Waals surface area contributed by atoms with Gasteiger partial charge in [0, 0.05) is 26.1 Å². The molecule has 1 atom stereocenters. The average molecular weight is 224 g/mol. The summed E-state index contributed by atoms with van der Waals surface area (Å²) in [7, 11) is 0. The van der Waals surface area contributed by atoms with Gasteiger partial charge in [0.1, 0.15) is 5.76 Å². The molecule has 0 spiro atoms. The smallest absolute Gasteiger partial charge is 0.105 e. The van der Waals surface area contributed by atoms with Gasteiger partial charge >= 0.3 is 0 Å². The molecule has 90 valence electrons. The number of hydrogen-bond donors (Lipinski definition) is 2. The summed E-state index contributed by atoms with van der Waals surface area (Å²) in [4.78, 5) is 0. The van der Waals surface area contributed by atoms with E-state index >= 15 is 0 Å². The van der Waals surface area contributed by atoms with Crippen molar-refractivity contribution in [1.29, 1.82) is 0 Å². The Balaban J connectivity index is 1.48. The molecule has 1 aromatic heterocycles. The van der Waals surface area contributed by atoms with E-state index in [1.54, 1.807) is 6.26 Å². The Labute approximate surface area is 96.4 Å². The number of rotatable bonds is 6. The number of nitrogens with one attached hydrogen (secondary N) is 2. The second kappa shape index (κ2) is 6.68. The predicted molar refractivity (Wildman–Crippen MR) is 62.5 cm³/mol. The highest BCUT2D eigenvalue weighted by Gasteiger charge is 2.11. The molecule has 2 N–H and O–H groups in total. The molecule has 1 aromatic rings. The van der Waals surface area contributed by atoms with Gasteiger partial charge in [0.05, 0.1) is 19.0 Å². The number of furan rings is 1. The highest BCUT2D eigenvalue weighted by molar-refractivity contribution is 4.98. The van der Waals surface area contributed by atoms with Crippen molar-refractivity contribution in [1.82, 2.24) is 10.6 Å². The first kappa shape index (κ1) is 11.6. The summed E-state index contributed by atoms with van der Waals surface area (Å²) >= 11 is 0. The summed E-state index contributed by atoms with van der Waals surface area (Å²) in [5.41, 5.74) is 0. The highest BCUT2D eigenvalue weighted by atomic mass is 16.5. The minimum atomic E-state index is 0.380. The molecule has 4 nitrogen and oxygen atoms in total. The van der Waals surface area contributed by atoms with Gasteiger partial charge in [-0.15, -0.1) is 0 Å². The molecule has 1 aliphatic heterocycles. The number of morpholine rings is 1. The molecule has 1 saturated heterocycles. The van der Waals surface area contributed by atoms with Gasteiger partial charge in [-0.05, 0) is 25.1 Å². The minimum Gasteiger partial charge on any atom is -0.469 e. The molecule has 0 aliphatic carbocycles. The topological polar surface area (TPSA) is 46.4 Å². The highest BCUT2D eigenvalue weighted by Crippen LogP contribution is 2.01. The third-order valence-corrected chi connectivity index (χ3v) is 2.78. The normalized spacial score (nSPS) is 21.1. The zero-order chi connectivity index (χ0) is 11.1. The Morgan fingerprint density at radius 1 is 1.44 bits per heavy atom. The van der Waals surface area contributed by atoms with Crippen molar-refractivity contribution in [3.63, 3.8) is 0 Å². The molecule has 4 heteroatoms. The predicted octanol–water partition coefficient (Wildman–Crippen LogP) is 0.790. The van der Waals surface area contributed by atoms with Gasteiger partial charge in [0.25, 0.3) is 0 Å². The summed E-state index contributed by atoms with van der Waals surface area (Å²) in [5, 5.41) is 6.73. The van der Waals surface area contributed by atoms with E-state index in [2.05, 4.69) is 10.6 Å². The molecule has 0 amide bonds. The molecular weight excluding hydrogens is 204 g/mol. The van der Waals surface area contributed by atoms with Gasteiger partial charge in [-0.2, -0.15) is 0 Å². The lowest BCUT2D eigenvalue weighted by molar-refractivity contribution is 0.0239. The minimum absolute atomic E-state index is 0.380. The van der Waals surface area contributed by atoms with Gasteiger partial charge in [-0.1, -0.05) is 0 Å². The fourth-order valence-corrected chi connectivity index (χ4v) is 1.86. The van der Waals surface area contributed by atoms with E-state index in [-0.39, 0.29) is 0 Å². The largest absolute Gasteiger partial charge is 0.469 e. The van der Waals surface area contributed by atoms with Gasteiger partial charge in [-0.3, -0.25) is 0 Å². The van der Waals surface area contributed by atoms with Crippen LogP contribution < -0.4 is 10.6 Å². The molecule has 0 radical (unpaired) electrons. The zero-order valence-electron chi connectivity index (χ0n) is 9.58. The SMILES string of the molecule is c1coc(CCNCCC2CNCCO2)c1. The van der Waals surface area contributed by atoms with E-state index in [0.717, 1.165) is 51.4 Å². The van der Waals surface area contributed by atoms with Crippen molar-refractivity contribution in [2.24, 2.45) is 0 Å². The molecule has 1 unspecified atom stereocenters. The van der Waals surface area contributed by atoms with Gasteiger partial charge < -0.3 is 19.8 Å². The van der Waals surface area contributed by atoms with Crippen LogP contribution in [0, 0.1) is 0 Å². The first-order chi connectivity index (χ1) is 7.95. The third kappa shape index (κ3) is 3.96. The zero-order valence-corrected chi connectivity index (χ0v) is 9.58. The maximum atomic E-state index is 5.61. The van der Waals surface area contributed by atoms with Crippen molar-refractivity contribution >= 4 is 0 Å². The maximum Gasteiger partial charge on any atom is 0.105 e. The summed E-state index contributed by atoms with van der Waals surface area (Å²) < 4.78 is 10.9. The Hall–Kier alpha value is -0.840. The lowest BCUT2D eigenvalue weighted by Crippen LogP contribution is -2.40. The average Bonchev–Trinajstić information content (AvgIpc) is 2.83. The van der Waals surface area contributed by atoms with Crippen molar-refractivity contribution in [2.75, 3.05) is 32.8 Å². The number of hydrogen-bond acceptors (Lipinski definition) is 4. The quantitative estimate of drug-likeness (QED) is 0.701. The first-order valence-corrected chi connectivity index (χ1v) is 6.00. The van der Waals surface area contributed by atoms with Gasteiger partial charge in [-0.25, -0.2) is 0 Å². The monoisotopic (exact) mass is 224 g/mol. The third-order valence-electron chi connectivity index (χ3n) is 2.78. The van der Waals surface area contributed by atoms with Gasteiger partial charge in [0.15, 0.2) is 0 Å². The van der Waals surface area contributed by atoms with E-state index in [9.17, 15) is 0 Å². The Bertz CT molecular complexity index is 269. The Morgan fingerprint density at radius 2 is 2.44 bits per heavy atom. The molecule has 2 heterocycles. The van der Waals surface area contributed by atoms with E-state index in [1.807, 2.05) is 12.1 Å². The summed E-state index contributed by atoms with van der Waals surface area (Å²) in [5.74, 6) is 1.04. The molecule has 0 aromatic carbocycles. The maximum absolute atomic E-state index is 5.61. The van der Waals surface area contributed by atoms with Gasteiger partial charge in [0.2, 0.25) is 0 Å². The Morgan fingerprint density at radius 3 is 3.19 bits per heavy atom. The molecule has 0 saturated carbocycles. The van der Waals surface area contributed by atoms with Crippen molar-refractivity contribution in [2.45, 2.75) is 18.9 Å². The summed E-state index contributed by atoms with van der Waals surface area (Å²) in [6.45, 7) is 4.79. The van der Waals surface area contributed by atoms with Crippen LogP contribution in [0.4, 0.5) is 0 Å². The molecule has 1 aliphatic rings. The molecular formula is C12H20N2O2. The van der Waals surface area contributed by atoms with Crippen LogP contribution in [-0.4, -0.2) is 38.9 Å². The summed E-state index contributed by atoms with van der Waals surface area (Å²) in [6, 6.07) is 3.94. The van der Waals surface area contributed by atoms with E-state index in [1.165, 1.54) is 0 Å². The molecule has 0 bridgehead atoms. The van der Waals surface area contributed by atoms with Crippen LogP contribution >= 0.6 is 0 Å². The molecule has 1 fully saturated rings. The summed E-state index contributed by atoms with van der Waals surface area (Å²) in [6.07, 6.45) is 4.13. The second-order valence-electron chi connectivity index (χ2n) is 4.06. The van der Waals surface area contributed by atoms with Crippen LogP contribution in [0.3, 0.4) is 0 Å². The van der Waals surface area contributed by atoms with Crippen LogP contribution in [0.1, 0.15) is 12.2 Å². The van der Waals surface area contributed by atoms with E-state index < -0.39 is 0 Å². The standard InChI is InChI=1S/C12H20N2O2/c1-2-11(15-8-1)3-5-13-6-4-12-10-14-7-9-16-12/h1-2,8,12-14H,3-7,9-10H2. The van der Waals surface area contributed by atoms with Crippen LogP contribution in [0.5, 0.6) is 0 Å². The van der Waals surface area contributed by atoms with Crippen LogP contribution in [-0.2, 0) is 11.2 Å². The van der Waals surface area contributed by atoms with Crippen molar-refractivity contribution < 1.29 is 9.15 Å². The van der Waals surface area contributed by atoms with Crippen LogP contribution in [0.25, 0.3) is 0 Å². The van der Waals surface area contributed by atoms with E-state index in [0.29, 0.717) is 6.10 Å². The fourth-order valence-electron chi connectivity index (χ4n) is 1.86. The molecule has 16 heavy (non-hydrogen) atoms. The fraction of sp³-hybridized carbons (Fsp3) is 0.667.